The predicted octanol–water partition coefficient (Wildman–Crippen LogP) is 2.98. The van der Waals surface area contributed by atoms with E-state index in [-0.39, 0.29) is 0 Å². The summed E-state index contributed by atoms with van der Waals surface area (Å²) in [5.41, 5.74) is 2.00. The van der Waals surface area contributed by atoms with Gasteiger partial charge in [0.2, 0.25) is 0 Å². The highest BCUT2D eigenvalue weighted by molar-refractivity contribution is 6.01. The minimum atomic E-state index is -0.891. The number of hydrogen-bond acceptors (Lipinski definition) is 3. The summed E-state index contributed by atoms with van der Waals surface area (Å²) in [6.07, 6.45) is 6.35. The molecule has 5 nitrogen and oxygen atoms in total. The first-order chi connectivity index (χ1) is 9.65. The van der Waals surface area contributed by atoms with Crippen molar-refractivity contribution < 1.29 is 9.90 Å². The molecule has 2 fully saturated rings. The van der Waals surface area contributed by atoms with Gasteiger partial charge in [0.1, 0.15) is 0 Å². The van der Waals surface area contributed by atoms with Crippen LogP contribution >= 0.6 is 0 Å². The standard InChI is InChI=1S/C15H17N3O2/c1-8(9-2-3-9)18-14-12(7-16-18)11(15(19)20)6-13(17-14)10-4-5-10/h6-10H,2-5H2,1H3,(H,19,20)/t8-/m0/s1. The largest absolute Gasteiger partial charge is 0.478 e. The SMILES string of the molecule is C[C@@H](C1CC1)n1ncc2c(C(=O)O)cc(C3CC3)nc21. The molecule has 2 saturated carbocycles. The molecule has 2 aliphatic carbocycles. The van der Waals surface area contributed by atoms with Crippen LogP contribution < -0.4 is 0 Å². The number of aromatic nitrogens is 3. The van der Waals surface area contributed by atoms with Gasteiger partial charge in [0.05, 0.1) is 23.2 Å². The molecular weight excluding hydrogens is 254 g/mol. The lowest BCUT2D eigenvalue weighted by Crippen LogP contribution is -2.10. The zero-order valence-corrected chi connectivity index (χ0v) is 11.4. The van der Waals surface area contributed by atoms with Crippen molar-refractivity contribution in [3.8, 4) is 0 Å². The van der Waals surface area contributed by atoms with Gasteiger partial charge in [-0.05, 0) is 44.6 Å². The zero-order chi connectivity index (χ0) is 13.9. The van der Waals surface area contributed by atoms with Crippen molar-refractivity contribution >= 4 is 17.0 Å². The molecule has 4 rings (SSSR count). The average molecular weight is 271 g/mol. The number of rotatable bonds is 4. The molecule has 5 heteroatoms. The molecule has 0 aromatic carbocycles. The Bertz CT molecular complexity index is 698. The fourth-order valence-electron chi connectivity index (χ4n) is 2.88. The lowest BCUT2D eigenvalue weighted by molar-refractivity contribution is 0.0699. The Morgan fingerprint density at radius 1 is 1.40 bits per heavy atom. The van der Waals surface area contributed by atoms with Crippen LogP contribution in [0.5, 0.6) is 0 Å². The molecule has 104 valence electrons. The highest BCUT2D eigenvalue weighted by atomic mass is 16.4. The van der Waals surface area contributed by atoms with Crippen LogP contribution in [-0.4, -0.2) is 25.8 Å². The Balaban J connectivity index is 1.91. The number of pyridine rings is 1. The van der Waals surface area contributed by atoms with Crippen LogP contribution in [0.1, 0.15) is 60.6 Å². The highest BCUT2D eigenvalue weighted by Crippen LogP contribution is 2.42. The van der Waals surface area contributed by atoms with Gasteiger partial charge in [-0.3, -0.25) is 0 Å². The second-order valence-electron chi connectivity index (χ2n) is 6.08. The zero-order valence-electron chi connectivity index (χ0n) is 11.4. The summed E-state index contributed by atoms with van der Waals surface area (Å²) in [4.78, 5) is 16.2. The van der Waals surface area contributed by atoms with Gasteiger partial charge < -0.3 is 5.11 Å². The molecule has 1 N–H and O–H groups in total. The van der Waals surface area contributed by atoms with Crippen molar-refractivity contribution in [2.75, 3.05) is 0 Å². The summed E-state index contributed by atoms with van der Waals surface area (Å²) < 4.78 is 1.92. The summed E-state index contributed by atoms with van der Waals surface area (Å²) in [6.45, 7) is 2.15. The van der Waals surface area contributed by atoms with Gasteiger partial charge in [0.15, 0.2) is 5.65 Å². The minimum absolute atomic E-state index is 0.302. The molecule has 0 amide bonds. The van der Waals surface area contributed by atoms with E-state index in [0.717, 1.165) is 24.2 Å². The Hall–Kier alpha value is -1.91. The molecule has 1 atom stereocenters. The monoisotopic (exact) mass is 271 g/mol. The third kappa shape index (κ3) is 1.80. The van der Waals surface area contributed by atoms with Crippen molar-refractivity contribution in [1.82, 2.24) is 14.8 Å². The maximum atomic E-state index is 11.5. The van der Waals surface area contributed by atoms with Gasteiger partial charge in [0, 0.05) is 11.6 Å². The summed E-state index contributed by atoms with van der Waals surface area (Å²) in [6, 6.07) is 2.03. The average Bonchev–Trinajstić information content (AvgIpc) is 3.32. The molecule has 2 aromatic rings. The van der Waals surface area contributed by atoms with E-state index in [4.69, 9.17) is 4.98 Å². The van der Waals surface area contributed by atoms with E-state index >= 15 is 0 Å². The second kappa shape index (κ2) is 4.04. The van der Waals surface area contributed by atoms with Crippen LogP contribution in [-0.2, 0) is 0 Å². The Kier molecular flexibility index (Phi) is 2.40. The Morgan fingerprint density at radius 3 is 2.75 bits per heavy atom. The molecule has 0 aliphatic heterocycles. The van der Waals surface area contributed by atoms with Gasteiger partial charge in [-0.1, -0.05) is 0 Å². The predicted molar refractivity (Wildman–Crippen MR) is 73.9 cm³/mol. The van der Waals surface area contributed by atoms with Gasteiger partial charge >= 0.3 is 5.97 Å². The summed E-state index contributed by atoms with van der Waals surface area (Å²) in [5.74, 6) is 0.216. The molecule has 2 heterocycles. The highest BCUT2D eigenvalue weighted by Gasteiger charge is 2.32. The van der Waals surface area contributed by atoms with Gasteiger partial charge in [-0.2, -0.15) is 5.10 Å². The molecule has 0 radical (unpaired) electrons. The van der Waals surface area contributed by atoms with Crippen LogP contribution in [0.3, 0.4) is 0 Å². The molecule has 0 bridgehead atoms. The number of hydrogen-bond donors (Lipinski definition) is 1. The van der Waals surface area contributed by atoms with Crippen LogP contribution in [0.25, 0.3) is 11.0 Å². The first kappa shape index (κ1) is 11.9. The topological polar surface area (TPSA) is 68.0 Å². The number of fused-ring (bicyclic) bond motifs is 1. The van der Waals surface area contributed by atoms with Gasteiger partial charge in [0.25, 0.3) is 0 Å². The Labute approximate surface area is 116 Å². The van der Waals surface area contributed by atoms with Crippen LogP contribution in [0, 0.1) is 5.92 Å². The third-order valence-electron chi connectivity index (χ3n) is 4.50. The van der Waals surface area contributed by atoms with Crippen LogP contribution in [0.15, 0.2) is 12.3 Å². The lowest BCUT2D eigenvalue weighted by atomic mass is 10.1. The fourth-order valence-corrected chi connectivity index (χ4v) is 2.88. The van der Waals surface area contributed by atoms with Crippen LogP contribution in [0.2, 0.25) is 0 Å². The van der Waals surface area contributed by atoms with E-state index in [0.29, 0.717) is 28.8 Å². The van der Waals surface area contributed by atoms with E-state index in [1.54, 1.807) is 12.3 Å². The normalized spacial score (nSPS) is 20.2. The van der Waals surface area contributed by atoms with E-state index in [9.17, 15) is 9.90 Å². The number of nitrogens with zero attached hydrogens (tertiary/aromatic N) is 3. The van der Waals surface area contributed by atoms with Crippen molar-refractivity contribution in [1.29, 1.82) is 0 Å². The second-order valence-corrected chi connectivity index (χ2v) is 6.08. The maximum Gasteiger partial charge on any atom is 0.336 e. The summed E-state index contributed by atoms with van der Waals surface area (Å²) in [7, 11) is 0. The van der Waals surface area contributed by atoms with Crippen molar-refractivity contribution in [2.24, 2.45) is 5.92 Å². The fraction of sp³-hybridized carbons (Fsp3) is 0.533. The molecule has 0 saturated heterocycles. The van der Waals surface area contributed by atoms with Crippen molar-refractivity contribution in [3.63, 3.8) is 0 Å². The first-order valence-electron chi connectivity index (χ1n) is 7.26. The van der Waals surface area contributed by atoms with E-state index in [2.05, 4.69) is 12.0 Å². The molecule has 20 heavy (non-hydrogen) atoms. The van der Waals surface area contributed by atoms with Crippen molar-refractivity contribution in [2.45, 2.75) is 44.6 Å². The lowest BCUT2D eigenvalue weighted by Gasteiger charge is -2.12. The van der Waals surface area contributed by atoms with Crippen LogP contribution in [0.4, 0.5) is 0 Å². The quantitative estimate of drug-likeness (QED) is 0.928. The summed E-state index contributed by atoms with van der Waals surface area (Å²) >= 11 is 0. The number of carboxylic acid groups (broad SMARTS) is 1. The molecule has 2 aliphatic rings. The number of carbonyl (C=O) groups is 1. The van der Waals surface area contributed by atoms with Crippen molar-refractivity contribution in [3.05, 3.63) is 23.5 Å². The molecule has 0 spiro atoms. The number of aromatic carboxylic acids is 1. The van der Waals surface area contributed by atoms with E-state index < -0.39 is 5.97 Å². The molecule has 0 unspecified atom stereocenters. The molecule has 2 aromatic heterocycles. The maximum absolute atomic E-state index is 11.5. The molecular formula is C15H17N3O2. The Morgan fingerprint density at radius 2 is 2.15 bits per heavy atom. The third-order valence-corrected chi connectivity index (χ3v) is 4.50. The minimum Gasteiger partial charge on any atom is -0.478 e. The van der Waals surface area contributed by atoms with Gasteiger partial charge in [-0.25, -0.2) is 14.5 Å². The summed E-state index contributed by atoms with van der Waals surface area (Å²) in [5, 5.41) is 14.5. The number of carboxylic acids is 1. The van der Waals surface area contributed by atoms with E-state index in [1.165, 1.54) is 12.8 Å². The van der Waals surface area contributed by atoms with E-state index in [1.807, 2.05) is 4.68 Å². The smallest absolute Gasteiger partial charge is 0.336 e. The van der Waals surface area contributed by atoms with Gasteiger partial charge in [-0.15, -0.1) is 0 Å². The first-order valence-corrected chi connectivity index (χ1v) is 7.26.